The van der Waals surface area contributed by atoms with E-state index in [-0.39, 0.29) is 12.3 Å². The fraction of sp³-hybridized carbons (Fsp3) is 0.786. The number of rotatable bonds is 11. The van der Waals surface area contributed by atoms with Gasteiger partial charge in [0.15, 0.2) is 0 Å². The Bertz CT molecular complexity index is 212. The van der Waals surface area contributed by atoms with Gasteiger partial charge in [0, 0.05) is 5.92 Å². The maximum absolute atomic E-state index is 10.5. The van der Waals surface area contributed by atoms with Gasteiger partial charge < -0.3 is 9.84 Å². The largest absolute Gasteiger partial charge is 0.501 e. The minimum atomic E-state index is -0.746. The van der Waals surface area contributed by atoms with Crippen molar-refractivity contribution in [1.82, 2.24) is 0 Å². The van der Waals surface area contributed by atoms with Crippen LogP contribution in [0.5, 0.6) is 0 Å². The lowest BCUT2D eigenvalue weighted by molar-refractivity contribution is -0.138. The maximum atomic E-state index is 10.5. The Morgan fingerprint density at radius 2 is 2.06 bits per heavy atom. The van der Waals surface area contributed by atoms with Gasteiger partial charge in [-0.3, -0.25) is 4.79 Å². The van der Waals surface area contributed by atoms with Gasteiger partial charge >= 0.3 is 5.97 Å². The van der Waals surface area contributed by atoms with Crippen LogP contribution in [0.2, 0.25) is 0 Å². The van der Waals surface area contributed by atoms with E-state index in [1.165, 1.54) is 25.7 Å². The first-order chi connectivity index (χ1) is 8.20. The number of ether oxygens (including phenoxy) is 1. The SMILES string of the molecule is CCCCCC/C=C/OCC(CC)CC(=O)O. The number of unbranched alkanes of at least 4 members (excludes halogenated alkanes) is 4. The number of hydrogen-bond donors (Lipinski definition) is 1. The van der Waals surface area contributed by atoms with Crippen LogP contribution in [0.4, 0.5) is 0 Å². The molecule has 1 N–H and O–H groups in total. The lowest BCUT2D eigenvalue weighted by Crippen LogP contribution is -2.11. The summed E-state index contributed by atoms with van der Waals surface area (Å²) in [5.41, 5.74) is 0. The highest BCUT2D eigenvalue weighted by molar-refractivity contribution is 5.67. The quantitative estimate of drug-likeness (QED) is 0.440. The van der Waals surface area contributed by atoms with Gasteiger partial charge in [0.05, 0.1) is 19.3 Å². The predicted molar refractivity (Wildman–Crippen MR) is 69.9 cm³/mol. The molecule has 0 fully saturated rings. The summed E-state index contributed by atoms with van der Waals surface area (Å²) in [5, 5.41) is 8.66. The van der Waals surface area contributed by atoms with Crippen molar-refractivity contribution in [2.24, 2.45) is 5.92 Å². The van der Waals surface area contributed by atoms with Crippen molar-refractivity contribution in [3.63, 3.8) is 0 Å². The number of hydrogen-bond acceptors (Lipinski definition) is 2. The molecule has 0 radical (unpaired) electrons. The Balaban J connectivity index is 3.46. The normalized spacial score (nSPS) is 12.8. The minimum absolute atomic E-state index is 0.122. The zero-order valence-corrected chi connectivity index (χ0v) is 11.2. The second kappa shape index (κ2) is 11.5. The molecule has 0 amide bonds. The topological polar surface area (TPSA) is 46.5 Å². The van der Waals surface area contributed by atoms with Crippen molar-refractivity contribution in [3.05, 3.63) is 12.3 Å². The molecule has 0 spiro atoms. The van der Waals surface area contributed by atoms with Crippen molar-refractivity contribution in [3.8, 4) is 0 Å². The van der Waals surface area contributed by atoms with Crippen LogP contribution in [-0.4, -0.2) is 17.7 Å². The number of carboxylic acids is 1. The monoisotopic (exact) mass is 242 g/mol. The van der Waals surface area contributed by atoms with Gasteiger partial charge in [0.1, 0.15) is 0 Å². The summed E-state index contributed by atoms with van der Waals surface area (Å²) in [6.45, 7) is 4.70. The molecule has 0 rings (SSSR count). The lowest BCUT2D eigenvalue weighted by Gasteiger charge is -2.10. The van der Waals surface area contributed by atoms with Crippen molar-refractivity contribution in [2.75, 3.05) is 6.61 Å². The molecular formula is C14H26O3. The van der Waals surface area contributed by atoms with Gasteiger partial charge in [-0.15, -0.1) is 0 Å². The van der Waals surface area contributed by atoms with Crippen molar-refractivity contribution in [1.29, 1.82) is 0 Å². The Kier molecular flexibility index (Phi) is 10.8. The van der Waals surface area contributed by atoms with Crippen LogP contribution in [-0.2, 0) is 9.53 Å². The van der Waals surface area contributed by atoms with Gasteiger partial charge in [0.25, 0.3) is 0 Å². The van der Waals surface area contributed by atoms with Crippen LogP contribution in [0.25, 0.3) is 0 Å². The lowest BCUT2D eigenvalue weighted by atomic mass is 10.0. The Labute approximate surface area is 105 Å². The molecule has 0 heterocycles. The molecule has 3 nitrogen and oxygen atoms in total. The van der Waals surface area contributed by atoms with E-state index < -0.39 is 5.97 Å². The summed E-state index contributed by atoms with van der Waals surface area (Å²) in [4.78, 5) is 10.5. The molecule has 0 saturated carbocycles. The summed E-state index contributed by atoms with van der Waals surface area (Å²) in [6.07, 6.45) is 10.9. The van der Waals surface area contributed by atoms with Crippen molar-refractivity contribution in [2.45, 2.75) is 58.8 Å². The van der Waals surface area contributed by atoms with E-state index in [0.29, 0.717) is 6.61 Å². The molecule has 0 aromatic carbocycles. The number of carbonyl (C=O) groups is 1. The second-order valence-electron chi connectivity index (χ2n) is 4.43. The van der Waals surface area contributed by atoms with E-state index in [1.807, 2.05) is 13.0 Å². The molecule has 0 aliphatic heterocycles. The Morgan fingerprint density at radius 3 is 2.65 bits per heavy atom. The summed E-state index contributed by atoms with van der Waals surface area (Å²) in [5.74, 6) is -0.624. The third-order valence-corrected chi connectivity index (χ3v) is 2.79. The molecule has 100 valence electrons. The third-order valence-electron chi connectivity index (χ3n) is 2.79. The van der Waals surface area contributed by atoms with E-state index in [4.69, 9.17) is 9.84 Å². The molecule has 0 aromatic heterocycles. The smallest absolute Gasteiger partial charge is 0.303 e. The highest BCUT2D eigenvalue weighted by Gasteiger charge is 2.10. The number of aliphatic carboxylic acids is 1. The average Bonchev–Trinajstić information content (AvgIpc) is 2.30. The average molecular weight is 242 g/mol. The van der Waals surface area contributed by atoms with E-state index in [0.717, 1.165) is 12.8 Å². The first-order valence-electron chi connectivity index (χ1n) is 6.69. The van der Waals surface area contributed by atoms with Gasteiger partial charge in [-0.25, -0.2) is 0 Å². The zero-order valence-electron chi connectivity index (χ0n) is 11.2. The van der Waals surface area contributed by atoms with Crippen LogP contribution in [0.3, 0.4) is 0 Å². The highest BCUT2D eigenvalue weighted by atomic mass is 16.5. The van der Waals surface area contributed by atoms with Crippen molar-refractivity contribution >= 4 is 5.97 Å². The fourth-order valence-electron chi connectivity index (χ4n) is 1.58. The molecule has 0 aromatic rings. The molecule has 0 aliphatic carbocycles. The molecule has 0 aliphatic rings. The second-order valence-corrected chi connectivity index (χ2v) is 4.43. The fourth-order valence-corrected chi connectivity index (χ4v) is 1.58. The molecule has 1 unspecified atom stereocenters. The van der Waals surface area contributed by atoms with Gasteiger partial charge in [-0.2, -0.15) is 0 Å². The summed E-state index contributed by atoms with van der Waals surface area (Å²) < 4.78 is 5.35. The van der Waals surface area contributed by atoms with Crippen LogP contribution in [0.1, 0.15) is 58.8 Å². The Hall–Kier alpha value is -0.990. The molecule has 1 atom stereocenters. The van der Waals surface area contributed by atoms with Gasteiger partial charge in [-0.05, 0) is 25.3 Å². The number of allylic oxidation sites excluding steroid dienone is 1. The molecule has 3 heteroatoms. The van der Waals surface area contributed by atoms with Crippen molar-refractivity contribution < 1.29 is 14.6 Å². The first kappa shape index (κ1) is 16.0. The highest BCUT2D eigenvalue weighted by Crippen LogP contribution is 2.09. The van der Waals surface area contributed by atoms with Crippen LogP contribution < -0.4 is 0 Å². The summed E-state index contributed by atoms with van der Waals surface area (Å²) in [6, 6.07) is 0. The van der Waals surface area contributed by atoms with E-state index >= 15 is 0 Å². The van der Waals surface area contributed by atoms with E-state index in [2.05, 4.69) is 6.92 Å². The van der Waals surface area contributed by atoms with Gasteiger partial charge in [0.2, 0.25) is 0 Å². The van der Waals surface area contributed by atoms with Gasteiger partial charge in [-0.1, -0.05) is 33.1 Å². The first-order valence-corrected chi connectivity index (χ1v) is 6.69. The molecular weight excluding hydrogens is 216 g/mol. The van der Waals surface area contributed by atoms with Crippen LogP contribution in [0.15, 0.2) is 12.3 Å². The summed E-state index contributed by atoms with van der Waals surface area (Å²) >= 11 is 0. The molecule has 0 saturated heterocycles. The minimum Gasteiger partial charge on any atom is -0.501 e. The van der Waals surface area contributed by atoms with E-state index in [1.54, 1.807) is 6.26 Å². The number of carboxylic acid groups (broad SMARTS) is 1. The Morgan fingerprint density at radius 1 is 1.29 bits per heavy atom. The van der Waals surface area contributed by atoms with Crippen LogP contribution in [0, 0.1) is 5.92 Å². The predicted octanol–water partition coefficient (Wildman–Crippen LogP) is 3.99. The van der Waals surface area contributed by atoms with Crippen LogP contribution >= 0.6 is 0 Å². The third kappa shape index (κ3) is 11.3. The zero-order chi connectivity index (χ0) is 12.9. The summed E-state index contributed by atoms with van der Waals surface area (Å²) in [7, 11) is 0. The standard InChI is InChI=1S/C14H26O3/c1-3-5-6-7-8-9-10-17-12-13(4-2)11-14(15)16/h9-10,13H,3-8,11-12H2,1-2H3,(H,15,16)/b10-9+. The van der Waals surface area contributed by atoms with E-state index in [9.17, 15) is 4.79 Å². The molecule has 0 bridgehead atoms. The molecule has 17 heavy (non-hydrogen) atoms. The maximum Gasteiger partial charge on any atom is 0.303 e.